The van der Waals surface area contributed by atoms with E-state index in [1.165, 1.54) is 10.4 Å². The highest BCUT2D eigenvalue weighted by Crippen LogP contribution is 2.17. The predicted molar refractivity (Wildman–Crippen MR) is 102 cm³/mol. The normalized spacial score (nSPS) is 11.1. The standard InChI is InChI=1S/C15H20N4S.HI/c1-4-12-5-7-13(8-6-12)19-15(16)17-9-14-10(2)20-11(3)18-14;/h5-8H,4,9H2,1-3H3,(H3,16,17,19);1H. The zero-order valence-corrected chi connectivity index (χ0v) is 15.7. The molecule has 0 amide bonds. The van der Waals surface area contributed by atoms with Crippen LogP contribution in [0.15, 0.2) is 29.3 Å². The van der Waals surface area contributed by atoms with E-state index in [2.05, 4.69) is 41.3 Å². The van der Waals surface area contributed by atoms with Gasteiger partial charge in [0.15, 0.2) is 5.96 Å². The molecule has 21 heavy (non-hydrogen) atoms. The fraction of sp³-hybridized carbons (Fsp3) is 0.333. The molecule has 0 aliphatic heterocycles. The minimum absolute atomic E-state index is 0. The molecule has 114 valence electrons. The van der Waals surface area contributed by atoms with Crippen LogP contribution < -0.4 is 11.1 Å². The van der Waals surface area contributed by atoms with Crippen LogP contribution in [-0.2, 0) is 13.0 Å². The molecule has 6 heteroatoms. The van der Waals surface area contributed by atoms with Gasteiger partial charge >= 0.3 is 0 Å². The molecule has 0 unspecified atom stereocenters. The molecule has 0 spiro atoms. The van der Waals surface area contributed by atoms with Crippen LogP contribution in [0, 0.1) is 13.8 Å². The molecule has 0 bridgehead atoms. The van der Waals surface area contributed by atoms with Crippen molar-refractivity contribution < 1.29 is 0 Å². The summed E-state index contributed by atoms with van der Waals surface area (Å²) in [7, 11) is 0. The van der Waals surface area contributed by atoms with E-state index in [0.29, 0.717) is 12.5 Å². The zero-order valence-electron chi connectivity index (χ0n) is 12.5. The van der Waals surface area contributed by atoms with Crippen LogP contribution in [0.1, 0.15) is 28.1 Å². The van der Waals surface area contributed by atoms with Gasteiger partial charge in [0.1, 0.15) is 0 Å². The summed E-state index contributed by atoms with van der Waals surface area (Å²) in [6.07, 6.45) is 1.03. The fourth-order valence-corrected chi connectivity index (χ4v) is 2.72. The van der Waals surface area contributed by atoms with Crippen molar-refractivity contribution in [3.05, 3.63) is 45.4 Å². The Balaban J connectivity index is 0.00000220. The third-order valence-electron chi connectivity index (χ3n) is 3.03. The number of rotatable bonds is 4. The van der Waals surface area contributed by atoms with Gasteiger partial charge in [0.2, 0.25) is 0 Å². The number of aliphatic imine (C=N–C) groups is 1. The summed E-state index contributed by atoms with van der Waals surface area (Å²) in [6, 6.07) is 8.20. The third-order valence-corrected chi connectivity index (χ3v) is 3.96. The maximum Gasteiger partial charge on any atom is 0.193 e. The number of aromatic nitrogens is 1. The Labute approximate surface area is 146 Å². The third kappa shape index (κ3) is 5.28. The summed E-state index contributed by atoms with van der Waals surface area (Å²) in [6.45, 7) is 6.71. The van der Waals surface area contributed by atoms with Crippen LogP contribution in [0.2, 0.25) is 0 Å². The van der Waals surface area contributed by atoms with Gasteiger partial charge in [0, 0.05) is 10.6 Å². The van der Waals surface area contributed by atoms with Gasteiger partial charge in [0.25, 0.3) is 0 Å². The highest BCUT2D eigenvalue weighted by Gasteiger charge is 2.04. The first-order valence-corrected chi connectivity index (χ1v) is 7.49. The van der Waals surface area contributed by atoms with E-state index in [9.17, 15) is 0 Å². The number of halogens is 1. The molecule has 0 saturated carbocycles. The molecule has 3 N–H and O–H groups in total. The number of hydrogen-bond acceptors (Lipinski definition) is 3. The average Bonchev–Trinajstić information content (AvgIpc) is 2.75. The number of nitrogens with one attached hydrogen (secondary N) is 1. The van der Waals surface area contributed by atoms with Gasteiger partial charge in [-0.1, -0.05) is 19.1 Å². The monoisotopic (exact) mass is 416 g/mol. The lowest BCUT2D eigenvalue weighted by atomic mass is 10.1. The second-order valence-electron chi connectivity index (χ2n) is 4.61. The first-order chi connectivity index (χ1) is 9.58. The Morgan fingerprint density at radius 2 is 1.95 bits per heavy atom. The van der Waals surface area contributed by atoms with Crippen molar-refractivity contribution in [1.29, 1.82) is 0 Å². The Morgan fingerprint density at radius 3 is 2.48 bits per heavy atom. The second-order valence-corrected chi connectivity index (χ2v) is 6.02. The maximum absolute atomic E-state index is 5.90. The van der Waals surface area contributed by atoms with Crippen molar-refractivity contribution in [3.8, 4) is 0 Å². The highest BCUT2D eigenvalue weighted by atomic mass is 127. The van der Waals surface area contributed by atoms with Crippen molar-refractivity contribution in [1.82, 2.24) is 4.98 Å². The number of hydrogen-bond donors (Lipinski definition) is 2. The maximum atomic E-state index is 5.90. The predicted octanol–water partition coefficient (Wildman–Crippen LogP) is 3.87. The van der Waals surface area contributed by atoms with Gasteiger partial charge < -0.3 is 11.1 Å². The largest absolute Gasteiger partial charge is 0.370 e. The molecule has 0 aliphatic carbocycles. The summed E-state index contributed by atoms with van der Waals surface area (Å²) in [4.78, 5) is 9.97. The molecule has 0 radical (unpaired) electrons. The van der Waals surface area contributed by atoms with Gasteiger partial charge in [-0.2, -0.15) is 0 Å². The summed E-state index contributed by atoms with van der Waals surface area (Å²) in [5, 5.41) is 4.16. The van der Waals surface area contributed by atoms with Gasteiger partial charge in [0.05, 0.1) is 17.2 Å². The van der Waals surface area contributed by atoms with E-state index in [0.717, 1.165) is 22.8 Å². The van der Waals surface area contributed by atoms with Crippen LogP contribution in [0.3, 0.4) is 0 Å². The van der Waals surface area contributed by atoms with E-state index in [1.807, 2.05) is 19.1 Å². The summed E-state index contributed by atoms with van der Waals surface area (Å²) in [5.41, 5.74) is 9.15. The molecule has 2 rings (SSSR count). The number of anilines is 1. The van der Waals surface area contributed by atoms with Crippen molar-refractivity contribution in [2.24, 2.45) is 10.7 Å². The van der Waals surface area contributed by atoms with Crippen LogP contribution >= 0.6 is 35.3 Å². The molecule has 0 saturated heterocycles. The van der Waals surface area contributed by atoms with Crippen LogP contribution in [-0.4, -0.2) is 10.9 Å². The van der Waals surface area contributed by atoms with Gasteiger partial charge in [-0.15, -0.1) is 35.3 Å². The van der Waals surface area contributed by atoms with Gasteiger partial charge in [-0.3, -0.25) is 0 Å². The van der Waals surface area contributed by atoms with E-state index >= 15 is 0 Å². The molecule has 1 aromatic carbocycles. The van der Waals surface area contributed by atoms with Crippen molar-refractivity contribution in [3.63, 3.8) is 0 Å². The first-order valence-electron chi connectivity index (χ1n) is 6.67. The Morgan fingerprint density at radius 1 is 1.29 bits per heavy atom. The molecule has 0 atom stereocenters. The highest BCUT2D eigenvalue weighted by molar-refractivity contribution is 14.0. The molecule has 1 aromatic heterocycles. The molecule has 0 fully saturated rings. The lowest BCUT2D eigenvalue weighted by Gasteiger charge is -2.06. The molecule has 2 aromatic rings. The van der Waals surface area contributed by atoms with Crippen LogP contribution in [0.4, 0.5) is 5.69 Å². The lowest BCUT2D eigenvalue weighted by Crippen LogP contribution is -2.22. The summed E-state index contributed by atoms with van der Waals surface area (Å²) >= 11 is 1.69. The number of guanidine groups is 1. The summed E-state index contributed by atoms with van der Waals surface area (Å²) < 4.78 is 0. The van der Waals surface area contributed by atoms with Gasteiger partial charge in [-0.25, -0.2) is 9.98 Å². The second kappa shape index (κ2) is 8.33. The van der Waals surface area contributed by atoms with E-state index < -0.39 is 0 Å². The smallest absolute Gasteiger partial charge is 0.193 e. The molecular formula is C15H21IN4S. The zero-order chi connectivity index (χ0) is 14.5. The van der Waals surface area contributed by atoms with E-state index in [4.69, 9.17) is 5.73 Å². The molecule has 4 nitrogen and oxygen atoms in total. The van der Waals surface area contributed by atoms with E-state index in [1.54, 1.807) is 11.3 Å². The number of aryl methyl sites for hydroxylation is 3. The number of benzene rings is 1. The SMILES string of the molecule is CCc1ccc(NC(N)=NCc2nc(C)sc2C)cc1.I. The minimum Gasteiger partial charge on any atom is -0.370 e. The molecule has 0 aliphatic rings. The van der Waals surface area contributed by atoms with Crippen LogP contribution in [0.5, 0.6) is 0 Å². The van der Waals surface area contributed by atoms with Crippen LogP contribution in [0.25, 0.3) is 0 Å². The fourth-order valence-electron chi connectivity index (χ4n) is 1.89. The number of nitrogens with zero attached hydrogens (tertiary/aromatic N) is 2. The molecular weight excluding hydrogens is 395 g/mol. The minimum atomic E-state index is 0. The Kier molecular flexibility index (Phi) is 7.10. The average molecular weight is 416 g/mol. The Bertz CT molecular complexity index is 605. The van der Waals surface area contributed by atoms with Crippen molar-refractivity contribution in [2.75, 3.05) is 5.32 Å². The quantitative estimate of drug-likeness (QED) is 0.452. The lowest BCUT2D eigenvalue weighted by molar-refractivity contribution is 0.980. The number of nitrogens with two attached hydrogens (primary N) is 1. The molecule has 1 heterocycles. The topological polar surface area (TPSA) is 63.3 Å². The van der Waals surface area contributed by atoms with E-state index in [-0.39, 0.29) is 24.0 Å². The summed E-state index contributed by atoms with van der Waals surface area (Å²) in [5.74, 6) is 0.416. The first kappa shape index (κ1) is 17.9. The Hall–Kier alpha value is -1.15. The van der Waals surface area contributed by atoms with Gasteiger partial charge in [-0.05, 0) is 38.0 Å². The van der Waals surface area contributed by atoms with Crippen molar-refractivity contribution >= 4 is 47.0 Å². The van der Waals surface area contributed by atoms with Crippen molar-refractivity contribution in [2.45, 2.75) is 33.7 Å². The number of thiazole rings is 1.